The van der Waals surface area contributed by atoms with Crippen LogP contribution in [0, 0.1) is 3.57 Å². The molecule has 3 aromatic carbocycles. The number of benzene rings is 3. The van der Waals surface area contributed by atoms with Gasteiger partial charge < -0.3 is 28.8 Å². The zero-order chi connectivity index (χ0) is 22.7. The van der Waals surface area contributed by atoms with E-state index in [1.807, 2.05) is 48.5 Å². The van der Waals surface area contributed by atoms with Gasteiger partial charge >= 0.3 is 0 Å². The van der Waals surface area contributed by atoms with Crippen molar-refractivity contribution in [1.82, 2.24) is 0 Å². The number of halogens is 1. The Hall–Kier alpha value is -2.65. The van der Waals surface area contributed by atoms with Gasteiger partial charge in [0.2, 0.25) is 0 Å². The fraction of sp³-hybridized carbons (Fsp3) is 0.280. The highest BCUT2D eigenvalue weighted by Crippen LogP contribution is 2.47. The molecule has 0 unspecified atom stereocenters. The van der Waals surface area contributed by atoms with Crippen LogP contribution in [-0.4, -0.2) is 32.5 Å². The van der Waals surface area contributed by atoms with Crippen LogP contribution in [0.5, 0.6) is 28.7 Å². The quantitative estimate of drug-likeness (QED) is 0.406. The molecule has 0 radical (unpaired) electrons. The number of phenols is 1. The first-order chi connectivity index (χ1) is 15.5. The second-order valence-electron chi connectivity index (χ2n) is 7.43. The molecule has 0 saturated carbocycles. The maximum absolute atomic E-state index is 10.3. The van der Waals surface area contributed by atoms with Crippen LogP contribution in [0.3, 0.4) is 0 Å². The third-order valence-corrected chi connectivity index (χ3v) is 6.58. The van der Waals surface area contributed by atoms with E-state index in [1.165, 1.54) is 0 Å². The third-order valence-electron chi connectivity index (χ3n) is 5.54. The van der Waals surface area contributed by atoms with Gasteiger partial charge in [0.25, 0.3) is 0 Å². The minimum Gasteiger partial charge on any atom is -0.507 e. The van der Waals surface area contributed by atoms with Gasteiger partial charge in [0.1, 0.15) is 34.9 Å². The predicted octanol–water partition coefficient (Wildman–Crippen LogP) is 5.28. The van der Waals surface area contributed by atoms with Crippen LogP contribution < -0.4 is 18.9 Å². The van der Waals surface area contributed by atoms with Crippen molar-refractivity contribution in [2.24, 2.45) is 0 Å². The van der Waals surface area contributed by atoms with Gasteiger partial charge in [0.15, 0.2) is 6.10 Å². The van der Waals surface area contributed by atoms with E-state index in [0.717, 1.165) is 28.2 Å². The summed E-state index contributed by atoms with van der Waals surface area (Å²) in [5, 5.41) is 10.3. The fourth-order valence-corrected chi connectivity index (χ4v) is 4.40. The molecule has 0 bridgehead atoms. The molecule has 7 heteroatoms. The molecule has 4 rings (SSSR count). The third kappa shape index (κ3) is 4.59. The Bertz CT molecular complexity index is 1070. The van der Waals surface area contributed by atoms with Crippen molar-refractivity contribution in [3.05, 3.63) is 74.9 Å². The summed E-state index contributed by atoms with van der Waals surface area (Å²) in [5.41, 5.74) is 2.89. The van der Waals surface area contributed by atoms with Crippen molar-refractivity contribution < 1.29 is 28.8 Å². The van der Waals surface area contributed by atoms with Crippen molar-refractivity contribution in [3.8, 4) is 28.7 Å². The van der Waals surface area contributed by atoms with E-state index < -0.39 is 0 Å². The van der Waals surface area contributed by atoms with Crippen LogP contribution in [0.15, 0.2) is 54.6 Å². The number of hydrogen-bond acceptors (Lipinski definition) is 6. The standard InChI is InChI=1S/C25H25IO6/c1-28-17-8-4-15(5-9-17)14-31-22-12-19-21(30-3)13-20(27)23(26)25(19)32-24(22)16-6-10-18(29-2)11-7-16/h4-11,13,22,24,27H,12,14H2,1-3H3/t22-,24+/m0/s1. The second-order valence-corrected chi connectivity index (χ2v) is 8.51. The molecular formula is C25H25IO6. The minimum absolute atomic E-state index is 0.132. The van der Waals surface area contributed by atoms with Crippen LogP contribution in [-0.2, 0) is 17.8 Å². The summed E-state index contributed by atoms with van der Waals surface area (Å²) in [6.45, 7) is 0.428. The summed E-state index contributed by atoms with van der Waals surface area (Å²) < 4.78 is 29.5. The summed E-state index contributed by atoms with van der Waals surface area (Å²) in [7, 11) is 4.87. The van der Waals surface area contributed by atoms with Crippen molar-refractivity contribution in [3.63, 3.8) is 0 Å². The first-order valence-corrected chi connectivity index (χ1v) is 11.3. The normalized spacial score (nSPS) is 17.2. The summed E-state index contributed by atoms with van der Waals surface area (Å²) >= 11 is 2.10. The number of phenolic OH excluding ortho intramolecular Hbond substituents is 1. The molecule has 32 heavy (non-hydrogen) atoms. The lowest BCUT2D eigenvalue weighted by molar-refractivity contribution is -0.0470. The van der Waals surface area contributed by atoms with Crippen LogP contribution in [0.1, 0.15) is 22.8 Å². The van der Waals surface area contributed by atoms with Gasteiger partial charge in [0.05, 0.1) is 31.5 Å². The lowest BCUT2D eigenvalue weighted by Crippen LogP contribution is -2.33. The molecule has 0 aliphatic carbocycles. The van der Waals surface area contributed by atoms with Crippen LogP contribution in [0.25, 0.3) is 0 Å². The Labute approximate surface area is 201 Å². The molecular weight excluding hydrogens is 523 g/mol. The number of hydrogen-bond donors (Lipinski definition) is 1. The smallest absolute Gasteiger partial charge is 0.150 e. The Morgan fingerprint density at radius 3 is 2.16 bits per heavy atom. The average Bonchev–Trinajstić information content (AvgIpc) is 2.84. The Kier molecular flexibility index (Phi) is 6.95. The Balaban J connectivity index is 1.66. The average molecular weight is 548 g/mol. The number of ether oxygens (including phenoxy) is 5. The van der Waals surface area contributed by atoms with Crippen molar-refractivity contribution in [1.29, 1.82) is 0 Å². The highest BCUT2D eigenvalue weighted by Gasteiger charge is 2.36. The van der Waals surface area contributed by atoms with Crippen LogP contribution in [0.4, 0.5) is 0 Å². The largest absolute Gasteiger partial charge is 0.507 e. The van der Waals surface area contributed by atoms with E-state index in [-0.39, 0.29) is 18.0 Å². The minimum atomic E-state index is -0.355. The van der Waals surface area contributed by atoms with Gasteiger partial charge in [0, 0.05) is 18.1 Å². The maximum Gasteiger partial charge on any atom is 0.150 e. The first-order valence-electron chi connectivity index (χ1n) is 10.2. The van der Waals surface area contributed by atoms with Gasteiger partial charge in [-0.3, -0.25) is 0 Å². The topological polar surface area (TPSA) is 66.4 Å². The molecule has 3 aromatic rings. The highest BCUT2D eigenvalue weighted by atomic mass is 127. The lowest BCUT2D eigenvalue weighted by Gasteiger charge is -2.35. The van der Waals surface area contributed by atoms with Crippen LogP contribution >= 0.6 is 22.6 Å². The number of aromatic hydroxyl groups is 1. The number of rotatable bonds is 7. The molecule has 1 aliphatic heterocycles. The highest BCUT2D eigenvalue weighted by molar-refractivity contribution is 14.1. The molecule has 168 valence electrons. The lowest BCUT2D eigenvalue weighted by atomic mass is 9.93. The molecule has 0 amide bonds. The van der Waals surface area contributed by atoms with E-state index >= 15 is 0 Å². The summed E-state index contributed by atoms with van der Waals surface area (Å²) in [6.07, 6.45) is -0.0272. The zero-order valence-electron chi connectivity index (χ0n) is 18.1. The van der Waals surface area contributed by atoms with E-state index in [2.05, 4.69) is 22.6 Å². The monoisotopic (exact) mass is 548 g/mol. The predicted molar refractivity (Wildman–Crippen MR) is 129 cm³/mol. The molecule has 1 aliphatic rings. The van der Waals surface area contributed by atoms with E-state index in [0.29, 0.717) is 28.1 Å². The Morgan fingerprint density at radius 1 is 0.938 bits per heavy atom. The van der Waals surface area contributed by atoms with Gasteiger partial charge in [-0.25, -0.2) is 0 Å². The van der Waals surface area contributed by atoms with E-state index in [4.69, 9.17) is 23.7 Å². The van der Waals surface area contributed by atoms with Crippen LogP contribution in [0.2, 0.25) is 0 Å². The molecule has 0 fully saturated rings. The van der Waals surface area contributed by atoms with Crippen molar-refractivity contribution in [2.75, 3.05) is 21.3 Å². The number of methoxy groups -OCH3 is 3. The van der Waals surface area contributed by atoms with Gasteiger partial charge in [-0.1, -0.05) is 24.3 Å². The molecule has 6 nitrogen and oxygen atoms in total. The van der Waals surface area contributed by atoms with Crippen molar-refractivity contribution >= 4 is 22.6 Å². The maximum atomic E-state index is 10.3. The molecule has 0 saturated heterocycles. The summed E-state index contributed by atoms with van der Waals surface area (Å²) in [4.78, 5) is 0. The molecule has 0 aromatic heterocycles. The summed E-state index contributed by atoms with van der Waals surface area (Å²) in [5.74, 6) is 2.93. The van der Waals surface area contributed by atoms with Crippen molar-refractivity contribution in [2.45, 2.75) is 25.2 Å². The van der Waals surface area contributed by atoms with Gasteiger partial charge in [-0.15, -0.1) is 0 Å². The molecule has 1 N–H and O–H groups in total. The summed E-state index contributed by atoms with van der Waals surface area (Å²) in [6, 6.07) is 17.2. The molecule has 2 atom stereocenters. The van der Waals surface area contributed by atoms with E-state index in [9.17, 15) is 5.11 Å². The zero-order valence-corrected chi connectivity index (χ0v) is 20.3. The van der Waals surface area contributed by atoms with Gasteiger partial charge in [-0.05, 0) is 58.0 Å². The molecule has 0 spiro atoms. The Morgan fingerprint density at radius 2 is 1.56 bits per heavy atom. The second kappa shape index (κ2) is 9.87. The first kappa shape index (κ1) is 22.5. The van der Waals surface area contributed by atoms with Gasteiger partial charge in [-0.2, -0.15) is 0 Å². The fourth-order valence-electron chi connectivity index (χ4n) is 3.79. The molecule has 1 heterocycles. The number of fused-ring (bicyclic) bond motifs is 1. The SMILES string of the molecule is COc1ccc(CO[C@H]2Cc3c(OC)cc(O)c(I)c3O[C@@H]2c2ccc(OC)cc2)cc1. The van der Waals surface area contributed by atoms with E-state index in [1.54, 1.807) is 27.4 Å².